The largest absolute Gasteiger partial charge is 0.481 e. The third-order valence-corrected chi connectivity index (χ3v) is 4.94. The van der Waals surface area contributed by atoms with Crippen LogP contribution in [0.15, 0.2) is 40.2 Å². The van der Waals surface area contributed by atoms with Crippen LogP contribution in [0.3, 0.4) is 0 Å². The van der Waals surface area contributed by atoms with Crippen molar-refractivity contribution in [1.29, 1.82) is 0 Å². The highest BCUT2D eigenvalue weighted by Gasteiger charge is 2.33. The van der Waals surface area contributed by atoms with E-state index in [0.717, 1.165) is 21.6 Å². The summed E-state index contributed by atoms with van der Waals surface area (Å²) in [6, 6.07) is 11.9. The zero-order valence-corrected chi connectivity index (χ0v) is 12.4. The van der Waals surface area contributed by atoms with Crippen LogP contribution in [-0.4, -0.2) is 17.6 Å². The molecule has 1 aromatic carbocycles. The van der Waals surface area contributed by atoms with Gasteiger partial charge in [-0.2, -0.15) is 0 Å². The molecule has 1 unspecified atom stereocenters. The number of hydrogen-bond donors (Lipinski definition) is 1. The third-order valence-electron chi connectivity index (χ3n) is 3.33. The molecule has 2 heterocycles. The molecule has 1 N–H and O–H groups in total. The van der Waals surface area contributed by atoms with Gasteiger partial charge in [-0.1, -0.05) is 18.2 Å². The van der Waals surface area contributed by atoms with Gasteiger partial charge in [0.2, 0.25) is 0 Å². The van der Waals surface area contributed by atoms with Crippen LogP contribution in [0.2, 0.25) is 0 Å². The van der Waals surface area contributed by atoms with Crippen molar-refractivity contribution in [2.24, 2.45) is 0 Å². The standard InChI is InChI=1S/C14H12BrNO2S/c15-13-6-5-9(19-13)7-16-8-11(14(17)18)10-3-1-2-4-12(10)16/h1-6,11H,7-8H2,(H,17,18). The normalized spacial score (nSPS) is 17.5. The Labute approximate surface area is 123 Å². The van der Waals surface area contributed by atoms with Crippen LogP contribution in [0.5, 0.6) is 0 Å². The van der Waals surface area contributed by atoms with Gasteiger partial charge in [0.15, 0.2) is 0 Å². The average molecular weight is 338 g/mol. The van der Waals surface area contributed by atoms with Crippen molar-refractivity contribution < 1.29 is 9.90 Å². The van der Waals surface area contributed by atoms with E-state index in [-0.39, 0.29) is 0 Å². The average Bonchev–Trinajstić information content (AvgIpc) is 2.95. The molecule has 1 aliphatic rings. The summed E-state index contributed by atoms with van der Waals surface area (Å²) in [4.78, 5) is 14.7. The predicted octanol–water partition coefficient (Wildman–Crippen LogP) is 3.70. The van der Waals surface area contributed by atoms with Crippen LogP contribution in [-0.2, 0) is 11.3 Å². The second kappa shape index (κ2) is 4.98. The van der Waals surface area contributed by atoms with E-state index < -0.39 is 11.9 Å². The lowest BCUT2D eigenvalue weighted by atomic mass is 10.0. The number of hydrogen-bond acceptors (Lipinski definition) is 3. The fourth-order valence-corrected chi connectivity index (χ4v) is 3.97. The number of benzene rings is 1. The van der Waals surface area contributed by atoms with E-state index in [1.807, 2.05) is 30.3 Å². The van der Waals surface area contributed by atoms with Gasteiger partial charge in [0, 0.05) is 17.1 Å². The van der Waals surface area contributed by atoms with Gasteiger partial charge in [-0.3, -0.25) is 4.79 Å². The molecule has 1 aliphatic heterocycles. The summed E-state index contributed by atoms with van der Waals surface area (Å²) >= 11 is 5.14. The number of thiophene rings is 1. The van der Waals surface area contributed by atoms with Gasteiger partial charge in [0.05, 0.1) is 10.3 Å². The van der Waals surface area contributed by atoms with Crippen LogP contribution < -0.4 is 4.90 Å². The van der Waals surface area contributed by atoms with Crippen molar-refractivity contribution in [2.75, 3.05) is 11.4 Å². The van der Waals surface area contributed by atoms with Gasteiger partial charge < -0.3 is 10.0 Å². The summed E-state index contributed by atoms with van der Waals surface area (Å²) in [5.41, 5.74) is 1.96. The Balaban J connectivity index is 1.90. The highest BCUT2D eigenvalue weighted by molar-refractivity contribution is 9.11. The Kier molecular flexibility index (Phi) is 3.33. The first-order chi connectivity index (χ1) is 9.15. The summed E-state index contributed by atoms with van der Waals surface area (Å²) in [5.74, 6) is -1.16. The van der Waals surface area contributed by atoms with E-state index in [1.165, 1.54) is 4.88 Å². The third kappa shape index (κ3) is 2.40. The first-order valence-corrected chi connectivity index (χ1v) is 7.57. The number of carboxylic acid groups (broad SMARTS) is 1. The smallest absolute Gasteiger partial charge is 0.312 e. The first kappa shape index (κ1) is 12.7. The van der Waals surface area contributed by atoms with Crippen molar-refractivity contribution in [1.82, 2.24) is 0 Å². The number of carbonyl (C=O) groups is 1. The Morgan fingerprint density at radius 3 is 2.84 bits per heavy atom. The van der Waals surface area contributed by atoms with Gasteiger partial charge in [0.25, 0.3) is 0 Å². The Morgan fingerprint density at radius 2 is 2.16 bits per heavy atom. The lowest BCUT2D eigenvalue weighted by Gasteiger charge is -2.18. The molecule has 3 nitrogen and oxygen atoms in total. The number of rotatable bonds is 3. The summed E-state index contributed by atoms with van der Waals surface area (Å²) < 4.78 is 1.10. The molecule has 98 valence electrons. The monoisotopic (exact) mass is 337 g/mol. The lowest BCUT2D eigenvalue weighted by molar-refractivity contribution is -0.138. The molecule has 2 aromatic rings. The first-order valence-electron chi connectivity index (χ1n) is 5.96. The fraction of sp³-hybridized carbons (Fsp3) is 0.214. The predicted molar refractivity (Wildman–Crippen MR) is 79.9 cm³/mol. The second-order valence-corrected chi connectivity index (χ2v) is 7.08. The zero-order valence-electron chi connectivity index (χ0n) is 10.0. The molecule has 3 rings (SSSR count). The minimum Gasteiger partial charge on any atom is -0.481 e. The molecule has 0 aliphatic carbocycles. The van der Waals surface area contributed by atoms with Crippen LogP contribution >= 0.6 is 27.3 Å². The highest BCUT2D eigenvalue weighted by atomic mass is 79.9. The number of carboxylic acids is 1. The molecular formula is C14H12BrNO2S. The van der Waals surface area contributed by atoms with Crippen molar-refractivity contribution in [3.63, 3.8) is 0 Å². The van der Waals surface area contributed by atoms with Gasteiger partial charge in [-0.25, -0.2) is 0 Å². The highest BCUT2D eigenvalue weighted by Crippen LogP contribution is 2.37. The Morgan fingerprint density at radius 1 is 1.37 bits per heavy atom. The quantitative estimate of drug-likeness (QED) is 0.928. The second-order valence-electron chi connectivity index (χ2n) is 4.54. The van der Waals surface area contributed by atoms with E-state index >= 15 is 0 Å². The molecule has 5 heteroatoms. The topological polar surface area (TPSA) is 40.5 Å². The molecule has 0 radical (unpaired) electrons. The van der Waals surface area contributed by atoms with Crippen molar-refractivity contribution in [2.45, 2.75) is 12.5 Å². The molecule has 1 aromatic heterocycles. The van der Waals surface area contributed by atoms with Crippen LogP contribution in [0.1, 0.15) is 16.4 Å². The fourth-order valence-electron chi connectivity index (χ4n) is 2.47. The van der Waals surface area contributed by atoms with E-state index in [0.29, 0.717) is 6.54 Å². The lowest BCUT2D eigenvalue weighted by Crippen LogP contribution is -2.23. The minimum atomic E-state index is -0.748. The van der Waals surface area contributed by atoms with Gasteiger partial charge in [-0.15, -0.1) is 11.3 Å². The number of para-hydroxylation sites is 1. The SMILES string of the molecule is O=C(O)C1CN(Cc2ccc(Br)s2)c2ccccc21. The molecule has 0 spiro atoms. The number of anilines is 1. The van der Waals surface area contributed by atoms with Gasteiger partial charge >= 0.3 is 5.97 Å². The van der Waals surface area contributed by atoms with Crippen molar-refractivity contribution in [3.05, 3.63) is 50.6 Å². The summed E-state index contributed by atoms with van der Waals surface area (Å²) in [5, 5.41) is 9.32. The number of halogens is 1. The summed E-state index contributed by atoms with van der Waals surface area (Å²) in [6.45, 7) is 1.31. The molecule has 0 fully saturated rings. The van der Waals surface area contributed by atoms with Crippen LogP contribution in [0.4, 0.5) is 5.69 Å². The Hall–Kier alpha value is -1.33. The number of nitrogens with zero attached hydrogens (tertiary/aromatic N) is 1. The maximum atomic E-state index is 11.3. The van der Waals surface area contributed by atoms with E-state index in [2.05, 4.69) is 26.9 Å². The number of fused-ring (bicyclic) bond motifs is 1. The van der Waals surface area contributed by atoms with E-state index in [4.69, 9.17) is 0 Å². The number of aliphatic carboxylic acids is 1. The summed E-state index contributed by atoms with van der Waals surface area (Å²) in [6.07, 6.45) is 0. The molecule has 0 saturated heterocycles. The molecule has 1 atom stereocenters. The maximum absolute atomic E-state index is 11.3. The summed E-state index contributed by atoms with van der Waals surface area (Å²) in [7, 11) is 0. The maximum Gasteiger partial charge on any atom is 0.312 e. The van der Waals surface area contributed by atoms with E-state index in [9.17, 15) is 9.90 Å². The van der Waals surface area contributed by atoms with Crippen molar-refractivity contribution in [3.8, 4) is 0 Å². The van der Waals surface area contributed by atoms with Gasteiger partial charge in [-0.05, 0) is 39.7 Å². The van der Waals surface area contributed by atoms with Crippen molar-refractivity contribution >= 4 is 38.9 Å². The molecule has 0 saturated carbocycles. The molecule has 19 heavy (non-hydrogen) atoms. The minimum absolute atomic E-state index is 0.417. The van der Waals surface area contributed by atoms with Gasteiger partial charge in [0.1, 0.15) is 5.92 Å². The molecule has 0 amide bonds. The molecular weight excluding hydrogens is 326 g/mol. The Bertz CT molecular complexity index is 625. The molecule has 0 bridgehead atoms. The van der Waals surface area contributed by atoms with Crippen LogP contribution in [0, 0.1) is 0 Å². The zero-order chi connectivity index (χ0) is 13.4. The van der Waals surface area contributed by atoms with E-state index in [1.54, 1.807) is 11.3 Å². The van der Waals surface area contributed by atoms with Crippen LogP contribution in [0.25, 0.3) is 0 Å².